The highest BCUT2D eigenvalue weighted by Gasteiger charge is 2.13. The molecule has 0 spiro atoms. The molecule has 0 aliphatic carbocycles. The summed E-state index contributed by atoms with van der Waals surface area (Å²) in [4.78, 5) is 11.7. The first-order chi connectivity index (χ1) is 4.33. The van der Waals surface area contributed by atoms with Crippen molar-refractivity contribution in [3.63, 3.8) is 0 Å². The van der Waals surface area contributed by atoms with E-state index in [9.17, 15) is 4.79 Å². The van der Waals surface area contributed by atoms with Gasteiger partial charge in [-0.3, -0.25) is 4.79 Å². The molecule has 1 saturated heterocycles. The van der Waals surface area contributed by atoms with Gasteiger partial charge >= 0.3 is 6.41 Å². The zero-order chi connectivity index (χ0) is 6.69. The minimum absolute atomic E-state index is 0.301. The molecular formula is C7H10NO. The van der Waals surface area contributed by atoms with Gasteiger partial charge in [0.2, 0.25) is 0 Å². The van der Waals surface area contributed by atoms with E-state index in [0.29, 0.717) is 5.92 Å². The van der Waals surface area contributed by atoms with Crippen LogP contribution in [0, 0.1) is 12.8 Å². The largest absolute Gasteiger partial charge is 0.334 e. The van der Waals surface area contributed by atoms with Crippen molar-refractivity contribution in [1.82, 2.24) is 4.90 Å². The van der Waals surface area contributed by atoms with E-state index in [4.69, 9.17) is 6.92 Å². The van der Waals surface area contributed by atoms with Crippen molar-refractivity contribution in [2.75, 3.05) is 13.1 Å². The van der Waals surface area contributed by atoms with E-state index in [1.807, 2.05) is 6.41 Å². The lowest BCUT2D eigenvalue weighted by molar-refractivity contribution is 0.284. The Kier molecular flexibility index (Phi) is 2.09. The summed E-state index contributed by atoms with van der Waals surface area (Å²) in [6.07, 6.45) is 3.70. The van der Waals surface area contributed by atoms with Crippen molar-refractivity contribution in [3.8, 4) is 0 Å². The molecule has 0 aromatic rings. The Balaban J connectivity index is 2.26. The number of rotatable bonds is 1. The molecule has 0 aromatic heterocycles. The highest BCUT2D eigenvalue weighted by atomic mass is 16.1. The quantitative estimate of drug-likeness (QED) is 0.497. The number of hydrogen-bond acceptors (Lipinski definition) is 1. The molecule has 1 amide bonds. The summed E-state index contributed by atoms with van der Waals surface area (Å²) < 4.78 is 0. The van der Waals surface area contributed by atoms with E-state index < -0.39 is 0 Å². The zero-order valence-corrected chi connectivity index (χ0v) is 5.34. The number of amides is 1. The first kappa shape index (κ1) is 6.59. The van der Waals surface area contributed by atoms with Crippen molar-refractivity contribution in [3.05, 3.63) is 6.92 Å². The van der Waals surface area contributed by atoms with Gasteiger partial charge in [-0.2, -0.15) is 0 Å². The van der Waals surface area contributed by atoms with Crippen LogP contribution >= 0.6 is 0 Å². The molecule has 2 nitrogen and oxygen atoms in total. The van der Waals surface area contributed by atoms with E-state index in [1.165, 1.54) is 0 Å². The topological polar surface area (TPSA) is 20.3 Å². The predicted molar refractivity (Wildman–Crippen MR) is 34.3 cm³/mol. The van der Waals surface area contributed by atoms with Crippen molar-refractivity contribution in [2.45, 2.75) is 12.8 Å². The van der Waals surface area contributed by atoms with Gasteiger partial charge in [-0.15, -0.1) is 0 Å². The second kappa shape index (κ2) is 2.85. The lowest BCUT2D eigenvalue weighted by Crippen LogP contribution is -2.31. The fraction of sp³-hybridized carbons (Fsp3) is 0.714. The van der Waals surface area contributed by atoms with Gasteiger partial charge in [0.1, 0.15) is 0 Å². The van der Waals surface area contributed by atoms with E-state index in [2.05, 4.69) is 0 Å². The van der Waals surface area contributed by atoms with Gasteiger partial charge in [-0.25, -0.2) is 0 Å². The van der Waals surface area contributed by atoms with Crippen LogP contribution in [0.5, 0.6) is 0 Å². The van der Waals surface area contributed by atoms with Crippen LogP contribution in [-0.4, -0.2) is 24.4 Å². The molecule has 0 atom stereocenters. The minimum Gasteiger partial charge on any atom is -0.334 e. The van der Waals surface area contributed by atoms with Crippen molar-refractivity contribution in [1.29, 1.82) is 0 Å². The van der Waals surface area contributed by atoms with Gasteiger partial charge in [-0.05, 0) is 25.7 Å². The number of carbonyl (C=O) groups excluding carboxylic acids is 1. The molecule has 1 heterocycles. The van der Waals surface area contributed by atoms with Gasteiger partial charge in [-0.1, -0.05) is 0 Å². The van der Waals surface area contributed by atoms with Crippen LogP contribution in [0.3, 0.4) is 0 Å². The molecule has 0 aromatic carbocycles. The molecule has 1 aliphatic heterocycles. The maximum atomic E-state index is 10.0. The van der Waals surface area contributed by atoms with Crippen LogP contribution in [0.1, 0.15) is 12.8 Å². The van der Waals surface area contributed by atoms with Gasteiger partial charge in [0.05, 0.1) is 0 Å². The average molecular weight is 124 g/mol. The molecule has 9 heavy (non-hydrogen) atoms. The molecule has 2 heteroatoms. The lowest BCUT2D eigenvalue weighted by Gasteiger charge is -2.25. The van der Waals surface area contributed by atoms with Crippen molar-refractivity contribution >= 4 is 6.41 Å². The van der Waals surface area contributed by atoms with Crippen LogP contribution in [0.15, 0.2) is 0 Å². The molecule has 0 unspecified atom stereocenters. The molecule has 3 radical (unpaired) electrons. The Bertz CT molecular complexity index is 95.1. The molecule has 0 saturated carbocycles. The maximum absolute atomic E-state index is 10.0. The summed E-state index contributed by atoms with van der Waals surface area (Å²) in [6, 6.07) is 0. The highest BCUT2D eigenvalue weighted by molar-refractivity contribution is 5.48. The third-order valence-corrected chi connectivity index (χ3v) is 1.67. The zero-order valence-electron chi connectivity index (χ0n) is 5.34. The summed E-state index contributed by atoms with van der Waals surface area (Å²) in [5.74, 6) is 0.301. The Labute approximate surface area is 55.8 Å². The molecule has 1 fully saturated rings. The monoisotopic (exact) mass is 124 g/mol. The van der Waals surface area contributed by atoms with Crippen LogP contribution in [0.25, 0.3) is 0 Å². The average Bonchev–Trinajstić information content (AvgIpc) is 1.90. The van der Waals surface area contributed by atoms with Crippen LogP contribution in [0.4, 0.5) is 0 Å². The Morgan fingerprint density at radius 1 is 1.44 bits per heavy atom. The van der Waals surface area contributed by atoms with Crippen LogP contribution < -0.4 is 0 Å². The molecule has 1 aliphatic rings. The standard InChI is InChI=1S/C7H10NO/c1-7-2-4-8(6-9)5-3-7/h1,7H,2-5H2. The second-order valence-corrected chi connectivity index (χ2v) is 2.42. The summed E-state index contributed by atoms with van der Waals surface area (Å²) in [6.45, 7) is 7.16. The summed E-state index contributed by atoms with van der Waals surface area (Å²) >= 11 is 0. The normalized spacial score (nSPS) is 22.1. The van der Waals surface area contributed by atoms with E-state index >= 15 is 0 Å². The highest BCUT2D eigenvalue weighted by Crippen LogP contribution is 2.13. The van der Waals surface area contributed by atoms with Gasteiger partial charge in [0, 0.05) is 13.1 Å². The van der Waals surface area contributed by atoms with Gasteiger partial charge in [0.25, 0.3) is 0 Å². The summed E-state index contributed by atoms with van der Waals surface area (Å²) in [5, 5.41) is 0. The molecule has 49 valence electrons. The Morgan fingerprint density at radius 2 is 2.00 bits per heavy atom. The van der Waals surface area contributed by atoms with E-state index in [-0.39, 0.29) is 0 Å². The minimum atomic E-state index is 0.301. The fourth-order valence-corrected chi connectivity index (χ4v) is 0.991. The second-order valence-electron chi connectivity index (χ2n) is 2.42. The van der Waals surface area contributed by atoms with E-state index in [1.54, 1.807) is 4.90 Å². The molecule has 1 rings (SSSR count). The Hall–Kier alpha value is -0.530. The lowest BCUT2D eigenvalue weighted by atomic mass is 10.00. The smallest absolute Gasteiger partial charge is 0.312 e. The van der Waals surface area contributed by atoms with E-state index in [0.717, 1.165) is 25.9 Å². The van der Waals surface area contributed by atoms with Crippen LogP contribution in [-0.2, 0) is 4.79 Å². The first-order valence-corrected chi connectivity index (χ1v) is 3.21. The number of likely N-dealkylation sites (tertiary alicyclic amines) is 1. The number of hydrogen-bond donors (Lipinski definition) is 0. The summed E-state index contributed by atoms with van der Waals surface area (Å²) in [5.41, 5.74) is 0. The number of nitrogens with zero attached hydrogens (tertiary/aromatic N) is 1. The SMILES string of the molecule is [CH]C1CCN([C]=O)CC1. The van der Waals surface area contributed by atoms with Gasteiger partial charge < -0.3 is 4.90 Å². The molecular weight excluding hydrogens is 114 g/mol. The van der Waals surface area contributed by atoms with Crippen molar-refractivity contribution < 1.29 is 4.79 Å². The Morgan fingerprint density at radius 3 is 2.44 bits per heavy atom. The van der Waals surface area contributed by atoms with Crippen LogP contribution in [0.2, 0.25) is 0 Å². The number of piperidine rings is 1. The molecule has 0 bridgehead atoms. The van der Waals surface area contributed by atoms with Crippen molar-refractivity contribution in [2.24, 2.45) is 5.92 Å². The molecule has 0 N–H and O–H groups in total. The third-order valence-electron chi connectivity index (χ3n) is 1.67. The van der Waals surface area contributed by atoms with Gasteiger partial charge in [0.15, 0.2) is 0 Å². The fourth-order valence-electron chi connectivity index (χ4n) is 0.991. The first-order valence-electron chi connectivity index (χ1n) is 3.21. The summed E-state index contributed by atoms with van der Waals surface area (Å²) in [7, 11) is 0. The maximum Gasteiger partial charge on any atom is 0.312 e. The predicted octanol–water partition coefficient (Wildman–Crippen LogP) is 0.477. The third kappa shape index (κ3) is 1.70.